The van der Waals surface area contributed by atoms with Gasteiger partial charge in [0.15, 0.2) is 6.61 Å². The molecule has 4 aromatic rings. The Bertz CT molecular complexity index is 1250. The first-order chi connectivity index (χ1) is 14.2. The van der Waals surface area contributed by atoms with Crippen molar-refractivity contribution >= 4 is 22.6 Å². The van der Waals surface area contributed by atoms with E-state index in [1.807, 2.05) is 41.1 Å². The number of fused-ring (bicyclic) bond motifs is 4. The summed E-state index contributed by atoms with van der Waals surface area (Å²) in [5.41, 5.74) is 3.49. The van der Waals surface area contributed by atoms with Crippen LogP contribution in [0, 0.1) is 0 Å². The van der Waals surface area contributed by atoms with E-state index in [2.05, 4.69) is 4.98 Å². The van der Waals surface area contributed by atoms with Crippen molar-refractivity contribution in [3.8, 4) is 5.75 Å². The second-order valence-corrected chi connectivity index (χ2v) is 7.01. The molecule has 3 heterocycles. The Kier molecular flexibility index (Phi) is 4.27. The van der Waals surface area contributed by atoms with Crippen LogP contribution in [0.3, 0.4) is 0 Å². The summed E-state index contributed by atoms with van der Waals surface area (Å²) in [6.07, 6.45) is 6.31. The number of pyridine rings is 1. The van der Waals surface area contributed by atoms with Gasteiger partial charge in [0, 0.05) is 29.4 Å². The van der Waals surface area contributed by atoms with Crippen LogP contribution in [0.25, 0.3) is 16.6 Å². The maximum atomic E-state index is 12.1. The Morgan fingerprint density at radius 1 is 1.17 bits per heavy atom. The molecule has 29 heavy (non-hydrogen) atoms. The van der Waals surface area contributed by atoms with Crippen LogP contribution in [0.5, 0.6) is 5.75 Å². The maximum Gasteiger partial charge on any atom is 0.344 e. The minimum Gasteiger partial charge on any atom is -0.482 e. The van der Waals surface area contributed by atoms with Crippen LogP contribution in [0.1, 0.15) is 23.2 Å². The van der Waals surface area contributed by atoms with Crippen LogP contribution in [-0.4, -0.2) is 22.0 Å². The number of aryl methyl sites for hydroxylation is 1. The first kappa shape index (κ1) is 17.5. The second kappa shape index (κ2) is 7.09. The lowest BCUT2D eigenvalue weighted by Gasteiger charge is -2.08. The molecule has 0 fully saturated rings. The molecule has 1 aliphatic carbocycles. The highest BCUT2D eigenvalue weighted by atomic mass is 16.6. The molecular formula is C22H18N2O5. The smallest absolute Gasteiger partial charge is 0.344 e. The van der Waals surface area contributed by atoms with Gasteiger partial charge in [0.2, 0.25) is 0 Å². The third kappa shape index (κ3) is 3.35. The van der Waals surface area contributed by atoms with Gasteiger partial charge in [0.25, 0.3) is 0 Å². The van der Waals surface area contributed by atoms with Gasteiger partial charge in [-0.1, -0.05) is 6.07 Å². The highest BCUT2D eigenvalue weighted by Crippen LogP contribution is 2.29. The van der Waals surface area contributed by atoms with E-state index in [1.165, 1.54) is 0 Å². The fraction of sp³-hybridized carbons (Fsp3) is 0.227. The summed E-state index contributed by atoms with van der Waals surface area (Å²) >= 11 is 0. The number of imidazole rings is 1. The van der Waals surface area contributed by atoms with Crippen LogP contribution in [0.15, 0.2) is 58.0 Å². The normalized spacial score (nSPS) is 13.0. The number of hydrogen-bond acceptors (Lipinski definition) is 6. The monoisotopic (exact) mass is 390 g/mol. The summed E-state index contributed by atoms with van der Waals surface area (Å²) in [7, 11) is 0. The Hall–Kier alpha value is -3.61. The minimum atomic E-state index is -0.502. The molecule has 0 bridgehead atoms. The highest BCUT2D eigenvalue weighted by molar-refractivity contribution is 5.83. The zero-order valence-electron chi connectivity index (χ0n) is 15.6. The van der Waals surface area contributed by atoms with Gasteiger partial charge >= 0.3 is 11.6 Å². The molecule has 0 saturated carbocycles. The van der Waals surface area contributed by atoms with Crippen molar-refractivity contribution < 1.29 is 18.7 Å². The van der Waals surface area contributed by atoms with Gasteiger partial charge in [-0.25, -0.2) is 14.6 Å². The Balaban J connectivity index is 1.23. The van der Waals surface area contributed by atoms with E-state index in [-0.39, 0.29) is 18.8 Å². The van der Waals surface area contributed by atoms with Crippen molar-refractivity contribution in [1.29, 1.82) is 0 Å². The van der Waals surface area contributed by atoms with Crippen molar-refractivity contribution in [1.82, 2.24) is 9.38 Å². The average Bonchev–Trinajstić information content (AvgIpc) is 3.38. The van der Waals surface area contributed by atoms with Crippen molar-refractivity contribution in [3.05, 3.63) is 76.0 Å². The van der Waals surface area contributed by atoms with Crippen LogP contribution < -0.4 is 10.4 Å². The van der Waals surface area contributed by atoms with Gasteiger partial charge in [-0.15, -0.1) is 0 Å². The van der Waals surface area contributed by atoms with Crippen molar-refractivity contribution in [2.24, 2.45) is 0 Å². The van der Waals surface area contributed by atoms with Crippen molar-refractivity contribution in [2.75, 3.05) is 6.61 Å². The standard InChI is InChI=1S/C22H18N2O5/c25-21(28-12-14-11-24-9-2-1-6-20(24)23-14)13-27-15-7-8-17-16-4-3-5-18(16)22(26)29-19(17)10-15/h1-2,6-11H,3-5,12-13H2. The van der Waals surface area contributed by atoms with Crippen LogP contribution >= 0.6 is 0 Å². The minimum absolute atomic E-state index is 0.0720. The van der Waals surface area contributed by atoms with Gasteiger partial charge in [-0.2, -0.15) is 0 Å². The van der Waals surface area contributed by atoms with Crippen molar-refractivity contribution in [2.45, 2.75) is 25.9 Å². The predicted molar refractivity (Wildman–Crippen MR) is 105 cm³/mol. The number of benzene rings is 1. The number of carbonyl (C=O) groups excluding carboxylic acids is 1. The summed E-state index contributed by atoms with van der Waals surface area (Å²) in [5.74, 6) is -0.0548. The molecule has 0 aliphatic heterocycles. The molecule has 0 spiro atoms. The summed E-state index contributed by atoms with van der Waals surface area (Å²) in [6.45, 7) is -0.170. The Morgan fingerprint density at radius 3 is 2.97 bits per heavy atom. The molecule has 7 nitrogen and oxygen atoms in total. The fourth-order valence-electron chi connectivity index (χ4n) is 3.75. The van der Waals surface area contributed by atoms with E-state index in [1.54, 1.807) is 12.1 Å². The first-order valence-electron chi connectivity index (χ1n) is 9.47. The van der Waals surface area contributed by atoms with Crippen LogP contribution in [-0.2, 0) is 29.0 Å². The molecule has 0 saturated heterocycles. The zero-order valence-corrected chi connectivity index (χ0v) is 15.6. The topological polar surface area (TPSA) is 83.0 Å². The van der Waals surface area contributed by atoms with E-state index in [4.69, 9.17) is 13.9 Å². The third-order valence-corrected chi connectivity index (χ3v) is 5.10. The third-order valence-electron chi connectivity index (χ3n) is 5.10. The quantitative estimate of drug-likeness (QED) is 0.385. The Morgan fingerprint density at radius 2 is 2.07 bits per heavy atom. The summed E-state index contributed by atoms with van der Waals surface area (Å²) in [5, 5.41) is 0.930. The average molecular weight is 390 g/mol. The second-order valence-electron chi connectivity index (χ2n) is 7.01. The van der Waals surface area contributed by atoms with E-state index < -0.39 is 5.97 Å². The number of aromatic nitrogens is 2. The molecule has 3 aromatic heterocycles. The number of esters is 1. The molecule has 0 N–H and O–H groups in total. The van der Waals surface area contributed by atoms with Gasteiger partial charge < -0.3 is 18.3 Å². The fourth-order valence-corrected chi connectivity index (χ4v) is 3.75. The van der Waals surface area contributed by atoms with E-state index >= 15 is 0 Å². The Labute approximate surface area is 165 Å². The first-order valence-corrected chi connectivity index (χ1v) is 9.47. The lowest BCUT2D eigenvalue weighted by atomic mass is 10.1. The summed E-state index contributed by atoms with van der Waals surface area (Å²) in [6, 6.07) is 11.0. The maximum absolute atomic E-state index is 12.1. The molecule has 1 aromatic carbocycles. The molecule has 0 unspecified atom stereocenters. The van der Waals surface area contributed by atoms with Gasteiger partial charge in [-0.3, -0.25) is 0 Å². The molecule has 0 amide bonds. The molecule has 0 atom stereocenters. The summed E-state index contributed by atoms with van der Waals surface area (Å²) in [4.78, 5) is 28.5. The van der Waals surface area contributed by atoms with Gasteiger partial charge in [-0.05, 0) is 49.1 Å². The molecule has 7 heteroatoms. The van der Waals surface area contributed by atoms with Crippen LogP contribution in [0.4, 0.5) is 0 Å². The predicted octanol–water partition coefficient (Wildman–Crippen LogP) is 3.05. The number of ether oxygens (including phenoxy) is 2. The lowest BCUT2D eigenvalue weighted by molar-refractivity contribution is -0.147. The van der Waals surface area contributed by atoms with E-state index in [0.29, 0.717) is 17.0 Å². The molecule has 146 valence electrons. The highest BCUT2D eigenvalue weighted by Gasteiger charge is 2.19. The molecule has 1 aliphatic rings. The van der Waals surface area contributed by atoms with Gasteiger partial charge in [0.05, 0.1) is 5.69 Å². The SMILES string of the molecule is O=C(COc1ccc2c3c(c(=O)oc2c1)CCC3)OCc1cn2ccccc2n1. The largest absolute Gasteiger partial charge is 0.482 e. The number of carbonyl (C=O) groups is 1. The molecule has 5 rings (SSSR count). The molecular weight excluding hydrogens is 372 g/mol. The number of hydrogen-bond donors (Lipinski definition) is 0. The summed E-state index contributed by atoms with van der Waals surface area (Å²) < 4.78 is 18.0. The van der Waals surface area contributed by atoms with Crippen LogP contribution in [0.2, 0.25) is 0 Å². The van der Waals surface area contributed by atoms with Gasteiger partial charge in [0.1, 0.15) is 23.6 Å². The lowest BCUT2D eigenvalue weighted by Crippen LogP contribution is -2.15. The molecule has 0 radical (unpaired) electrons. The van der Waals surface area contributed by atoms with E-state index in [9.17, 15) is 9.59 Å². The van der Waals surface area contributed by atoms with E-state index in [0.717, 1.165) is 41.4 Å². The van der Waals surface area contributed by atoms with Crippen molar-refractivity contribution in [3.63, 3.8) is 0 Å². The zero-order chi connectivity index (χ0) is 19.8. The number of rotatable bonds is 5. The number of nitrogens with zero attached hydrogens (tertiary/aromatic N) is 2.